The Balaban J connectivity index is 4.41. The van der Waals surface area contributed by atoms with Crippen LogP contribution in [0.3, 0.4) is 0 Å². The Hall–Kier alpha value is -2.89. The third-order valence-electron chi connectivity index (χ3n) is 12.3. The summed E-state index contributed by atoms with van der Waals surface area (Å²) in [6, 6.07) is 0. The molecular weight excluding hydrogens is 817 g/mol. The number of hydrogen-bond donors (Lipinski definition) is 0. The molecule has 1 unspecified atom stereocenters. The van der Waals surface area contributed by atoms with Gasteiger partial charge in [-0.2, -0.15) is 0 Å². The topological polar surface area (TPSA) is 78.9 Å². The average Bonchev–Trinajstić information content (AvgIpc) is 3.31. The fourth-order valence-corrected chi connectivity index (χ4v) is 8.02. The molecule has 0 bridgehead atoms. The molecule has 0 radical (unpaired) electrons. The summed E-state index contributed by atoms with van der Waals surface area (Å²) in [5.41, 5.74) is 0. The van der Waals surface area contributed by atoms with Gasteiger partial charge in [-0.3, -0.25) is 14.4 Å². The Morgan fingerprint density at radius 3 is 0.955 bits per heavy atom. The van der Waals surface area contributed by atoms with Crippen LogP contribution in [0, 0.1) is 0 Å². The lowest BCUT2D eigenvalue weighted by Gasteiger charge is -2.18. The van der Waals surface area contributed by atoms with Gasteiger partial charge < -0.3 is 14.2 Å². The maximum absolute atomic E-state index is 12.8. The van der Waals surface area contributed by atoms with E-state index in [-0.39, 0.29) is 31.1 Å². The van der Waals surface area contributed by atoms with Crippen LogP contribution in [0.15, 0.2) is 60.8 Å². The third-order valence-corrected chi connectivity index (χ3v) is 12.3. The molecular formula is C60H106O6. The highest BCUT2D eigenvalue weighted by molar-refractivity contribution is 5.71. The number of hydrogen-bond acceptors (Lipinski definition) is 6. The van der Waals surface area contributed by atoms with Crippen molar-refractivity contribution in [3.63, 3.8) is 0 Å². The van der Waals surface area contributed by atoms with Crippen molar-refractivity contribution >= 4 is 17.9 Å². The second-order valence-corrected chi connectivity index (χ2v) is 18.8. The van der Waals surface area contributed by atoms with E-state index in [0.717, 1.165) is 96.3 Å². The van der Waals surface area contributed by atoms with E-state index in [9.17, 15) is 14.4 Å². The lowest BCUT2D eigenvalue weighted by molar-refractivity contribution is -0.167. The zero-order chi connectivity index (χ0) is 47.9. The van der Waals surface area contributed by atoms with E-state index >= 15 is 0 Å². The van der Waals surface area contributed by atoms with Crippen LogP contribution in [-0.4, -0.2) is 37.2 Å². The van der Waals surface area contributed by atoms with E-state index in [1.807, 2.05) is 0 Å². The van der Waals surface area contributed by atoms with Gasteiger partial charge in [0.25, 0.3) is 0 Å². The van der Waals surface area contributed by atoms with Crippen LogP contribution >= 0.6 is 0 Å². The number of carbonyl (C=O) groups is 3. The van der Waals surface area contributed by atoms with Gasteiger partial charge in [0.05, 0.1) is 0 Å². The molecule has 6 nitrogen and oxygen atoms in total. The average molecular weight is 924 g/mol. The first-order valence-corrected chi connectivity index (χ1v) is 28.3. The largest absolute Gasteiger partial charge is 0.462 e. The molecule has 0 aromatic rings. The van der Waals surface area contributed by atoms with Gasteiger partial charge in [-0.15, -0.1) is 0 Å². The Bertz CT molecular complexity index is 1200. The van der Waals surface area contributed by atoms with E-state index < -0.39 is 6.10 Å². The van der Waals surface area contributed by atoms with Gasteiger partial charge in [0, 0.05) is 19.3 Å². The lowest BCUT2D eigenvalue weighted by Crippen LogP contribution is -2.30. The molecule has 0 aliphatic rings. The summed E-state index contributed by atoms with van der Waals surface area (Å²) in [7, 11) is 0. The Kier molecular flexibility index (Phi) is 52.3. The normalized spacial score (nSPS) is 12.5. The van der Waals surface area contributed by atoms with Crippen molar-refractivity contribution in [3.05, 3.63) is 60.8 Å². The molecule has 0 spiro atoms. The van der Waals surface area contributed by atoms with Crippen molar-refractivity contribution in [1.82, 2.24) is 0 Å². The van der Waals surface area contributed by atoms with Crippen molar-refractivity contribution in [1.29, 1.82) is 0 Å². The minimum Gasteiger partial charge on any atom is -0.462 e. The van der Waals surface area contributed by atoms with E-state index in [1.54, 1.807) is 0 Å². The quantitative estimate of drug-likeness (QED) is 0.0262. The van der Waals surface area contributed by atoms with Crippen LogP contribution < -0.4 is 0 Å². The van der Waals surface area contributed by atoms with Crippen molar-refractivity contribution in [2.45, 2.75) is 290 Å². The van der Waals surface area contributed by atoms with Gasteiger partial charge in [-0.25, -0.2) is 0 Å². The first-order chi connectivity index (χ1) is 32.5. The number of allylic oxidation sites excluding steroid dienone is 10. The molecule has 0 aliphatic heterocycles. The van der Waals surface area contributed by atoms with Crippen LogP contribution in [0.25, 0.3) is 0 Å². The van der Waals surface area contributed by atoms with Crippen LogP contribution in [0.5, 0.6) is 0 Å². The fraction of sp³-hybridized carbons (Fsp3) is 0.783. The minimum absolute atomic E-state index is 0.0874. The highest BCUT2D eigenvalue weighted by Gasteiger charge is 2.19. The number of carbonyl (C=O) groups excluding carboxylic acids is 3. The predicted octanol–water partition coefficient (Wildman–Crippen LogP) is 18.8. The molecule has 0 aromatic heterocycles. The highest BCUT2D eigenvalue weighted by Crippen LogP contribution is 2.16. The molecule has 6 heteroatoms. The predicted molar refractivity (Wildman–Crippen MR) is 284 cm³/mol. The maximum atomic E-state index is 12.8. The smallest absolute Gasteiger partial charge is 0.306 e. The standard InChI is InChI=1S/C60H106O6/c1-4-7-10-13-16-19-22-25-28-30-31-33-35-38-41-44-47-50-53-59(62)65-56-57(55-64-58(61)52-49-46-43-40-37-34-27-24-21-18-15-12-9-6-3)66-60(63)54-51-48-45-42-39-36-32-29-26-23-20-17-14-11-8-5-2/h8,11,17,20,26,29,31,33,36,39,57H,4-7,9-10,12-16,18-19,21-25,27-28,30,32,34-35,37-38,40-56H2,1-3H3/b11-8-,20-17-,29-26-,33-31-,39-36-. The SMILES string of the molecule is CC/C=C\C/C=C\C/C=C\C/C=C\CCCCCC(=O)OC(COC(=O)CCCCCCC/C=C\CCCCCCCCCCC)COC(=O)CCCCCCCCCCCCCCCC. The van der Waals surface area contributed by atoms with Gasteiger partial charge in [-0.1, -0.05) is 242 Å². The molecule has 0 N–H and O–H groups in total. The van der Waals surface area contributed by atoms with Crippen molar-refractivity contribution < 1.29 is 28.6 Å². The van der Waals surface area contributed by atoms with Crippen LogP contribution in [0.1, 0.15) is 284 Å². The summed E-state index contributed by atoms with van der Waals surface area (Å²) in [5, 5.41) is 0. The maximum Gasteiger partial charge on any atom is 0.306 e. The molecule has 0 aromatic carbocycles. The highest BCUT2D eigenvalue weighted by atomic mass is 16.6. The first kappa shape index (κ1) is 63.1. The molecule has 0 saturated carbocycles. The van der Waals surface area contributed by atoms with Crippen LogP contribution in [0.2, 0.25) is 0 Å². The number of rotatable bonds is 51. The number of esters is 3. The van der Waals surface area contributed by atoms with Gasteiger partial charge in [0.1, 0.15) is 13.2 Å². The number of ether oxygens (including phenoxy) is 3. The molecule has 0 amide bonds. The Morgan fingerprint density at radius 1 is 0.318 bits per heavy atom. The molecule has 382 valence electrons. The summed E-state index contributed by atoms with van der Waals surface area (Å²) in [6.45, 7) is 6.52. The Morgan fingerprint density at radius 2 is 0.591 bits per heavy atom. The van der Waals surface area contributed by atoms with Gasteiger partial charge in [0.2, 0.25) is 0 Å². The van der Waals surface area contributed by atoms with E-state index in [1.165, 1.54) is 148 Å². The van der Waals surface area contributed by atoms with Gasteiger partial charge in [-0.05, 0) is 83.5 Å². The molecule has 0 rings (SSSR count). The van der Waals surface area contributed by atoms with Crippen molar-refractivity contribution in [3.8, 4) is 0 Å². The second kappa shape index (κ2) is 54.7. The summed E-state index contributed by atoms with van der Waals surface area (Å²) >= 11 is 0. The summed E-state index contributed by atoms with van der Waals surface area (Å²) in [5.74, 6) is -0.917. The second-order valence-electron chi connectivity index (χ2n) is 18.8. The van der Waals surface area contributed by atoms with Crippen molar-refractivity contribution in [2.24, 2.45) is 0 Å². The summed E-state index contributed by atoms with van der Waals surface area (Å²) in [4.78, 5) is 38.1. The monoisotopic (exact) mass is 923 g/mol. The van der Waals surface area contributed by atoms with E-state index in [4.69, 9.17) is 14.2 Å². The fourth-order valence-electron chi connectivity index (χ4n) is 8.02. The van der Waals surface area contributed by atoms with E-state index in [0.29, 0.717) is 19.3 Å². The van der Waals surface area contributed by atoms with Gasteiger partial charge >= 0.3 is 17.9 Å². The molecule has 66 heavy (non-hydrogen) atoms. The lowest BCUT2D eigenvalue weighted by atomic mass is 10.0. The molecule has 1 atom stereocenters. The number of unbranched alkanes of at least 4 members (excludes halogenated alkanes) is 30. The zero-order valence-corrected chi connectivity index (χ0v) is 43.7. The molecule has 0 heterocycles. The van der Waals surface area contributed by atoms with Crippen LogP contribution in [0.4, 0.5) is 0 Å². The third kappa shape index (κ3) is 52.1. The summed E-state index contributed by atoms with van der Waals surface area (Å²) < 4.78 is 16.8. The van der Waals surface area contributed by atoms with E-state index in [2.05, 4.69) is 81.5 Å². The summed E-state index contributed by atoms with van der Waals surface area (Å²) in [6.07, 6.45) is 67.8. The molecule has 0 fully saturated rings. The molecule has 0 aliphatic carbocycles. The van der Waals surface area contributed by atoms with Crippen LogP contribution in [-0.2, 0) is 28.6 Å². The van der Waals surface area contributed by atoms with Crippen molar-refractivity contribution in [2.75, 3.05) is 13.2 Å². The first-order valence-electron chi connectivity index (χ1n) is 28.3. The van der Waals surface area contributed by atoms with Gasteiger partial charge in [0.15, 0.2) is 6.10 Å². The minimum atomic E-state index is -0.792. The molecule has 0 saturated heterocycles. The Labute approximate surface area is 409 Å². The zero-order valence-electron chi connectivity index (χ0n) is 43.7.